The molecular formula is C14H9Cl3N2O2S. The molecule has 1 atom stereocenters. The van der Waals surface area contributed by atoms with Gasteiger partial charge in [0, 0.05) is 6.07 Å². The summed E-state index contributed by atoms with van der Waals surface area (Å²) >= 11 is 19.5. The van der Waals surface area contributed by atoms with E-state index in [-0.39, 0.29) is 0 Å². The van der Waals surface area contributed by atoms with Crippen molar-refractivity contribution in [3.63, 3.8) is 0 Å². The summed E-state index contributed by atoms with van der Waals surface area (Å²) in [6, 6.07) is 6.90. The number of hydrogen-bond acceptors (Lipinski definition) is 5. The van der Waals surface area contributed by atoms with Crippen LogP contribution in [-0.4, -0.2) is 10.2 Å². The summed E-state index contributed by atoms with van der Waals surface area (Å²) in [5.74, 6) is 1.21. The first kappa shape index (κ1) is 15.6. The van der Waals surface area contributed by atoms with Crippen LogP contribution in [0.4, 0.5) is 0 Å². The largest absolute Gasteiger partial charge is 0.479 e. The first-order valence-electron chi connectivity index (χ1n) is 6.23. The van der Waals surface area contributed by atoms with Gasteiger partial charge in [-0.05, 0) is 24.4 Å². The van der Waals surface area contributed by atoms with Gasteiger partial charge in [-0.3, -0.25) is 0 Å². The molecule has 0 N–H and O–H groups in total. The molecule has 0 amide bonds. The smallest absolute Gasteiger partial charge is 0.257 e. The lowest BCUT2D eigenvalue weighted by Crippen LogP contribution is -2.04. The number of thiophene rings is 1. The molecule has 0 bridgehead atoms. The van der Waals surface area contributed by atoms with E-state index < -0.39 is 6.10 Å². The first-order valence-corrected chi connectivity index (χ1v) is 8.24. The highest BCUT2D eigenvalue weighted by atomic mass is 35.5. The highest BCUT2D eigenvalue weighted by Gasteiger charge is 2.19. The molecule has 0 unspecified atom stereocenters. The molecule has 0 spiro atoms. The normalized spacial score (nSPS) is 12.4. The van der Waals surface area contributed by atoms with E-state index in [1.807, 2.05) is 17.5 Å². The molecule has 8 heteroatoms. The summed E-state index contributed by atoms with van der Waals surface area (Å²) < 4.78 is 11.3. The van der Waals surface area contributed by atoms with Gasteiger partial charge in [0.1, 0.15) is 5.75 Å². The fourth-order valence-electron chi connectivity index (χ4n) is 1.73. The Morgan fingerprint density at radius 2 is 1.91 bits per heavy atom. The maximum Gasteiger partial charge on any atom is 0.257 e. The molecule has 114 valence electrons. The quantitative estimate of drug-likeness (QED) is 0.533. The summed E-state index contributed by atoms with van der Waals surface area (Å²) in [4.78, 5) is 0.901. The Morgan fingerprint density at radius 3 is 2.64 bits per heavy atom. The van der Waals surface area contributed by atoms with E-state index in [2.05, 4.69) is 10.2 Å². The predicted molar refractivity (Wildman–Crippen MR) is 88.1 cm³/mol. The van der Waals surface area contributed by atoms with Gasteiger partial charge >= 0.3 is 0 Å². The number of nitrogens with zero attached hydrogens (tertiary/aromatic N) is 2. The van der Waals surface area contributed by atoms with E-state index in [1.54, 1.807) is 13.0 Å². The lowest BCUT2D eigenvalue weighted by molar-refractivity contribution is 0.190. The number of hydrogen-bond donors (Lipinski definition) is 0. The van der Waals surface area contributed by atoms with Gasteiger partial charge in [0.05, 0.1) is 19.9 Å². The Kier molecular flexibility index (Phi) is 4.59. The van der Waals surface area contributed by atoms with E-state index in [0.717, 1.165) is 4.88 Å². The van der Waals surface area contributed by atoms with Gasteiger partial charge in [-0.25, -0.2) is 0 Å². The molecule has 0 aliphatic carbocycles. The number of aromatic nitrogens is 2. The summed E-state index contributed by atoms with van der Waals surface area (Å²) in [6.45, 7) is 1.78. The molecule has 2 aromatic heterocycles. The number of rotatable bonds is 4. The van der Waals surface area contributed by atoms with Crippen LogP contribution in [0.1, 0.15) is 18.9 Å². The van der Waals surface area contributed by atoms with Crippen LogP contribution in [0.3, 0.4) is 0 Å². The standard InChI is InChI=1S/C14H9Cl3N2O2S/c1-7(20-11-6-9(16)8(15)5-10(11)17)13-18-19-14(21-13)12-3-2-4-22-12/h2-7H,1H3/t7-/m0/s1. The molecule has 0 saturated heterocycles. The third-order valence-corrected chi connectivity index (χ3v) is 4.67. The van der Waals surface area contributed by atoms with Gasteiger partial charge in [-0.2, -0.15) is 0 Å². The van der Waals surface area contributed by atoms with Crippen molar-refractivity contribution in [2.75, 3.05) is 0 Å². The van der Waals surface area contributed by atoms with Crippen LogP contribution in [0.5, 0.6) is 5.75 Å². The van der Waals surface area contributed by atoms with E-state index in [0.29, 0.717) is 32.6 Å². The van der Waals surface area contributed by atoms with Crippen LogP contribution in [0.2, 0.25) is 15.1 Å². The zero-order valence-corrected chi connectivity index (χ0v) is 14.3. The predicted octanol–water partition coefficient (Wildman–Crippen LogP) is 5.90. The van der Waals surface area contributed by atoms with Crippen molar-refractivity contribution in [3.05, 3.63) is 50.6 Å². The van der Waals surface area contributed by atoms with Gasteiger partial charge in [0.2, 0.25) is 0 Å². The Bertz CT molecular complexity index is 789. The second kappa shape index (κ2) is 6.46. The second-order valence-corrected chi connectivity index (χ2v) is 6.55. The summed E-state index contributed by atoms with van der Waals surface area (Å²) in [6.07, 6.45) is -0.476. The molecule has 3 rings (SSSR count). The third-order valence-electron chi connectivity index (χ3n) is 2.80. The van der Waals surface area contributed by atoms with Crippen molar-refractivity contribution < 1.29 is 9.15 Å². The Labute approximate surface area is 145 Å². The molecule has 0 aliphatic heterocycles. The van der Waals surface area contributed by atoms with Crippen LogP contribution >= 0.6 is 46.1 Å². The van der Waals surface area contributed by atoms with Crippen LogP contribution in [-0.2, 0) is 0 Å². The summed E-state index contributed by atoms with van der Waals surface area (Å²) in [7, 11) is 0. The molecule has 0 saturated carbocycles. The molecular weight excluding hydrogens is 367 g/mol. The molecule has 3 aromatic rings. The van der Waals surface area contributed by atoms with Gasteiger partial charge in [0.15, 0.2) is 6.10 Å². The van der Waals surface area contributed by atoms with Crippen LogP contribution in [0, 0.1) is 0 Å². The lowest BCUT2D eigenvalue weighted by atomic mass is 10.3. The van der Waals surface area contributed by atoms with E-state index in [9.17, 15) is 0 Å². The minimum atomic E-state index is -0.476. The zero-order chi connectivity index (χ0) is 15.7. The van der Waals surface area contributed by atoms with Crippen LogP contribution in [0.25, 0.3) is 10.8 Å². The summed E-state index contributed by atoms with van der Waals surface area (Å²) in [5, 5.41) is 11.0. The van der Waals surface area contributed by atoms with Crippen molar-refractivity contribution in [2.24, 2.45) is 0 Å². The topological polar surface area (TPSA) is 48.2 Å². The lowest BCUT2D eigenvalue weighted by Gasteiger charge is -2.13. The van der Waals surface area contributed by atoms with Gasteiger partial charge in [-0.15, -0.1) is 21.5 Å². The average molecular weight is 376 g/mol. The zero-order valence-electron chi connectivity index (χ0n) is 11.2. The Balaban J connectivity index is 1.80. The van der Waals surface area contributed by atoms with E-state index in [4.69, 9.17) is 44.0 Å². The fourth-order valence-corrected chi connectivity index (χ4v) is 2.96. The Morgan fingerprint density at radius 1 is 1.14 bits per heavy atom. The van der Waals surface area contributed by atoms with Gasteiger partial charge in [-0.1, -0.05) is 40.9 Å². The minimum absolute atomic E-state index is 0.352. The molecule has 22 heavy (non-hydrogen) atoms. The monoisotopic (exact) mass is 374 g/mol. The number of halogens is 3. The molecule has 4 nitrogen and oxygen atoms in total. The molecule has 0 aliphatic rings. The number of ether oxygens (including phenoxy) is 1. The molecule has 1 aromatic carbocycles. The van der Waals surface area contributed by atoms with Crippen LogP contribution in [0.15, 0.2) is 34.1 Å². The fraction of sp³-hybridized carbons (Fsp3) is 0.143. The Hall–Kier alpha value is -1.27. The first-order chi connectivity index (χ1) is 10.5. The molecule has 0 radical (unpaired) electrons. The van der Waals surface area contributed by atoms with Gasteiger partial charge in [0.25, 0.3) is 11.8 Å². The summed E-state index contributed by atoms with van der Waals surface area (Å²) in [5.41, 5.74) is 0. The van der Waals surface area contributed by atoms with E-state index >= 15 is 0 Å². The van der Waals surface area contributed by atoms with Crippen molar-refractivity contribution in [2.45, 2.75) is 13.0 Å². The SMILES string of the molecule is C[C@H](Oc1cc(Cl)c(Cl)cc1Cl)c1nnc(-c2cccs2)o1. The second-order valence-electron chi connectivity index (χ2n) is 4.38. The van der Waals surface area contributed by atoms with E-state index in [1.165, 1.54) is 17.4 Å². The highest BCUT2D eigenvalue weighted by Crippen LogP contribution is 2.36. The van der Waals surface area contributed by atoms with Crippen LogP contribution < -0.4 is 4.74 Å². The molecule has 2 heterocycles. The van der Waals surface area contributed by atoms with Crippen molar-refractivity contribution in [3.8, 4) is 16.5 Å². The minimum Gasteiger partial charge on any atom is -0.479 e. The van der Waals surface area contributed by atoms with Gasteiger partial charge < -0.3 is 9.15 Å². The van der Waals surface area contributed by atoms with Crippen molar-refractivity contribution in [1.82, 2.24) is 10.2 Å². The highest BCUT2D eigenvalue weighted by molar-refractivity contribution is 7.13. The number of benzene rings is 1. The average Bonchev–Trinajstić information content (AvgIpc) is 3.15. The maximum absolute atomic E-state index is 6.09. The third kappa shape index (κ3) is 3.22. The maximum atomic E-state index is 6.09. The van der Waals surface area contributed by atoms with Crippen molar-refractivity contribution in [1.29, 1.82) is 0 Å². The molecule has 0 fully saturated rings. The van der Waals surface area contributed by atoms with Crippen molar-refractivity contribution >= 4 is 46.1 Å².